The van der Waals surface area contributed by atoms with Crippen LogP contribution in [0.5, 0.6) is 5.75 Å². The number of H-pyrrole nitrogens is 1. The van der Waals surface area contributed by atoms with Crippen molar-refractivity contribution in [2.45, 2.75) is 32.1 Å². The molecule has 162 valence electrons. The van der Waals surface area contributed by atoms with Crippen molar-refractivity contribution < 1.29 is 24.2 Å². The van der Waals surface area contributed by atoms with Gasteiger partial charge >= 0.3 is 11.9 Å². The fourth-order valence-corrected chi connectivity index (χ4v) is 3.86. The molecule has 0 radical (unpaired) electrons. The number of ether oxygens (including phenoxy) is 2. The van der Waals surface area contributed by atoms with E-state index in [1.165, 1.54) is 7.11 Å². The summed E-state index contributed by atoms with van der Waals surface area (Å²) < 4.78 is 10.5. The minimum Gasteiger partial charge on any atom is -0.496 e. The summed E-state index contributed by atoms with van der Waals surface area (Å²) in [6.07, 6.45) is 7.35. The lowest BCUT2D eigenvalue weighted by Gasteiger charge is -2.20. The van der Waals surface area contributed by atoms with Crippen LogP contribution in [-0.2, 0) is 9.53 Å². The summed E-state index contributed by atoms with van der Waals surface area (Å²) in [7, 11) is 2.96. The molecule has 6 nitrogen and oxygen atoms in total. The van der Waals surface area contributed by atoms with Gasteiger partial charge in [-0.25, -0.2) is 4.79 Å². The zero-order chi connectivity index (χ0) is 22.4. The second-order valence-electron chi connectivity index (χ2n) is 7.34. The fourth-order valence-electron chi connectivity index (χ4n) is 3.86. The van der Waals surface area contributed by atoms with Crippen molar-refractivity contribution in [1.82, 2.24) is 4.98 Å². The van der Waals surface area contributed by atoms with E-state index in [9.17, 15) is 9.59 Å². The Morgan fingerprint density at radius 3 is 2.61 bits per heavy atom. The number of rotatable bonds is 9. The average molecular weight is 421 g/mol. The molecule has 6 heteroatoms. The zero-order valence-electron chi connectivity index (χ0n) is 18.0. The Labute approximate surface area is 181 Å². The summed E-state index contributed by atoms with van der Waals surface area (Å²) >= 11 is 0. The van der Waals surface area contributed by atoms with Gasteiger partial charge in [0.15, 0.2) is 0 Å². The van der Waals surface area contributed by atoms with Crippen molar-refractivity contribution in [1.29, 1.82) is 0 Å². The van der Waals surface area contributed by atoms with Gasteiger partial charge in [-0.3, -0.25) is 4.79 Å². The molecular formula is C25H27NO5. The molecule has 1 unspecified atom stereocenters. The van der Waals surface area contributed by atoms with Crippen molar-refractivity contribution in [3.8, 4) is 5.75 Å². The molecule has 0 amide bonds. The third kappa shape index (κ3) is 4.97. The maximum Gasteiger partial charge on any atom is 0.337 e. The summed E-state index contributed by atoms with van der Waals surface area (Å²) in [5, 5.41) is 9.93. The van der Waals surface area contributed by atoms with E-state index >= 15 is 0 Å². The number of carboxylic acid groups (broad SMARTS) is 1. The van der Waals surface area contributed by atoms with Crippen LogP contribution < -0.4 is 4.74 Å². The number of aliphatic carboxylic acids is 1. The third-order valence-corrected chi connectivity index (χ3v) is 5.32. The van der Waals surface area contributed by atoms with E-state index in [4.69, 9.17) is 14.6 Å². The molecule has 0 spiro atoms. The van der Waals surface area contributed by atoms with E-state index in [-0.39, 0.29) is 12.3 Å². The van der Waals surface area contributed by atoms with Crippen molar-refractivity contribution in [3.05, 3.63) is 70.9 Å². The molecule has 31 heavy (non-hydrogen) atoms. The first kappa shape index (κ1) is 22.2. The van der Waals surface area contributed by atoms with Crippen LogP contribution in [0.2, 0.25) is 0 Å². The maximum absolute atomic E-state index is 11.9. The molecule has 0 fully saturated rings. The van der Waals surface area contributed by atoms with Gasteiger partial charge in [0.1, 0.15) is 5.75 Å². The lowest BCUT2D eigenvalue weighted by atomic mass is 9.86. The molecule has 2 N–H and O–H groups in total. The maximum atomic E-state index is 11.9. The Hall–Kier alpha value is -3.54. The number of carbonyl (C=O) groups is 2. The molecule has 0 saturated heterocycles. The van der Waals surface area contributed by atoms with Gasteiger partial charge in [0.2, 0.25) is 0 Å². The van der Waals surface area contributed by atoms with Gasteiger partial charge in [0, 0.05) is 28.6 Å². The predicted octanol–water partition coefficient (Wildman–Crippen LogP) is 5.38. The van der Waals surface area contributed by atoms with Crippen molar-refractivity contribution >= 4 is 28.9 Å². The minimum atomic E-state index is -0.856. The topological polar surface area (TPSA) is 88.6 Å². The second kappa shape index (κ2) is 9.98. The van der Waals surface area contributed by atoms with Crippen molar-refractivity contribution in [2.75, 3.05) is 14.2 Å². The van der Waals surface area contributed by atoms with Gasteiger partial charge in [-0.2, -0.15) is 0 Å². The van der Waals surface area contributed by atoms with Gasteiger partial charge in [-0.1, -0.05) is 37.6 Å². The minimum absolute atomic E-state index is 0.0137. The van der Waals surface area contributed by atoms with Gasteiger partial charge in [-0.05, 0) is 41.8 Å². The highest BCUT2D eigenvalue weighted by molar-refractivity contribution is 5.90. The molecule has 0 aliphatic carbocycles. The Balaban J connectivity index is 2.06. The van der Waals surface area contributed by atoms with Gasteiger partial charge in [-0.15, -0.1) is 0 Å². The number of aromatic amines is 1. The highest BCUT2D eigenvalue weighted by Gasteiger charge is 2.22. The number of hydrogen-bond acceptors (Lipinski definition) is 4. The monoisotopic (exact) mass is 421 g/mol. The summed E-state index contributed by atoms with van der Waals surface area (Å²) in [5.41, 5.74) is 4.54. The van der Waals surface area contributed by atoms with Crippen LogP contribution >= 0.6 is 0 Å². The van der Waals surface area contributed by atoms with Crippen LogP contribution in [0, 0.1) is 0 Å². The molecule has 0 aliphatic rings. The summed E-state index contributed by atoms with van der Waals surface area (Å²) in [5.74, 6) is -0.543. The number of aromatic nitrogens is 1. The summed E-state index contributed by atoms with van der Waals surface area (Å²) in [4.78, 5) is 26.1. The van der Waals surface area contributed by atoms with Crippen molar-refractivity contribution in [2.24, 2.45) is 0 Å². The van der Waals surface area contributed by atoms with E-state index in [0.717, 1.165) is 40.4 Å². The van der Waals surface area contributed by atoms with Gasteiger partial charge in [0.25, 0.3) is 0 Å². The van der Waals surface area contributed by atoms with Crippen LogP contribution in [0.25, 0.3) is 17.0 Å². The molecule has 0 saturated carbocycles. The molecule has 1 aromatic heterocycles. The van der Waals surface area contributed by atoms with Crippen molar-refractivity contribution in [3.63, 3.8) is 0 Å². The lowest BCUT2D eigenvalue weighted by molar-refractivity contribution is -0.135. The summed E-state index contributed by atoms with van der Waals surface area (Å²) in [6, 6.07) is 11.4. The number of carbonyl (C=O) groups excluding carboxylic acids is 1. The average Bonchev–Trinajstić information content (AvgIpc) is 3.19. The van der Waals surface area contributed by atoms with E-state index < -0.39 is 11.9 Å². The Kier molecular flexibility index (Phi) is 7.13. The SMILES string of the molecule is CCCC(c1ccc(C(=O)OC)cc1OC)c1c[nH]c2ccc(C=CCC(=O)O)cc12. The largest absolute Gasteiger partial charge is 0.496 e. The molecule has 2 aromatic carbocycles. The van der Waals surface area contributed by atoms with E-state index in [1.54, 1.807) is 25.3 Å². The Morgan fingerprint density at radius 2 is 1.94 bits per heavy atom. The number of fused-ring (bicyclic) bond motifs is 1. The fraction of sp³-hybridized carbons (Fsp3) is 0.280. The number of methoxy groups -OCH3 is 2. The molecule has 1 atom stereocenters. The first-order chi connectivity index (χ1) is 15.0. The molecular weight excluding hydrogens is 394 g/mol. The first-order valence-electron chi connectivity index (χ1n) is 10.2. The predicted molar refractivity (Wildman–Crippen MR) is 121 cm³/mol. The highest BCUT2D eigenvalue weighted by atomic mass is 16.5. The Bertz CT molecular complexity index is 1110. The third-order valence-electron chi connectivity index (χ3n) is 5.32. The number of esters is 1. The van der Waals surface area contributed by atoms with Crippen LogP contribution in [0.3, 0.4) is 0 Å². The van der Waals surface area contributed by atoms with E-state index in [0.29, 0.717) is 11.3 Å². The van der Waals surface area contributed by atoms with Gasteiger partial charge in [0.05, 0.1) is 26.2 Å². The lowest BCUT2D eigenvalue weighted by Crippen LogP contribution is -2.06. The van der Waals surface area contributed by atoms with E-state index in [2.05, 4.69) is 18.0 Å². The molecule has 0 bridgehead atoms. The first-order valence-corrected chi connectivity index (χ1v) is 10.2. The van der Waals surface area contributed by atoms with Gasteiger partial charge < -0.3 is 19.6 Å². The highest BCUT2D eigenvalue weighted by Crippen LogP contribution is 2.39. The summed E-state index contributed by atoms with van der Waals surface area (Å²) in [6.45, 7) is 2.14. The number of hydrogen-bond donors (Lipinski definition) is 2. The Morgan fingerprint density at radius 1 is 1.13 bits per heavy atom. The molecule has 3 aromatic rings. The molecule has 1 heterocycles. The van der Waals surface area contributed by atoms with Crippen LogP contribution in [0.4, 0.5) is 0 Å². The quantitative estimate of drug-likeness (QED) is 0.453. The number of carboxylic acids is 1. The second-order valence-corrected chi connectivity index (χ2v) is 7.34. The van der Waals surface area contributed by atoms with E-state index in [1.807, 2.05) is 30.5 Å². The number of benzene rings is 2. The normalized spacial score (nSPS) is 12.2. The smallest absolute Gasteiger partial charge is 0.337 e. The van der Waals surface area contributed by atoms with Crippen LogP contribution in [0.1, 0.15) is 59.2 Å². The standard InChI is InChI=1S/C25H27NO5/c1-4-6-18(19-11-10-17(25(29)31-3)14-23(19)30-2)21-15-26-22-12-9-16(13-20(21)22)7-5-8-24(27)28/h5,7,9-15,18,26H,4,6,8H2,1-3H3,(H,27,28). The number of nitrogens with one attached hydrogen (secondary N) is 1. The molecule has 3 rings (SSSR count). The van der Waals surface area contributed by atoms with Crippen LogP contribution in [0.15, 0.2) is 48.7 Å². The zero-order valence-corrected chi connectivity index (χ0v) is 18.0. The molecule has 0 aliphatic heterocycles. The van der Waals surface area contributed by atoms with Crippen LogP contribution in [-0.4, -0.2) is 36.2 Å².